The third-order valence-corrected chi connectivity index (χ3v) is 4.53. The summed E-state index contributed by atoms with van der Waals surface area (Å²) in [6.07, 6.45) is 13.4. The van der Waals surface area contributed by atoms with Gasteiger partial charge in [0.15, 0.2) is 11.5 Å². The highest BCUT2D eigenvalue weighted by Gasteiger charge is 2.05. The van der Waals surface area contributed by atoms with E-state index in [1.807, 2.05) is 32.0 Å². The first-order valence-electron chi connectivity index (χ1n) is 11.1. The third-order valence-electron chi connectivity index (χ3n) is 4.53. The minimum atomic E-state index is -0.319. The van der Waals surface area contributed by atoms with Gasteiger partial charge in [-0.15, -0.1) is 0 Å². The Labute approximate surface area is 176 Å². The molecule has 29 heavy (non-hydrogen) atoms. The highest BCUT2D eigenvalue weighted by molar-refractivity contribution is 5.87. The minimum absolute atomic E-state index is 0.308. The van der Waals surface area contributed by atoms with Crippen molar-refractivity contribution >= 4 is 12.0 Å². The van der Waals surface area contributed by atoms with Crippen LogP contribution in [0.2, 0.25) is 0 Å². The van der Waals surface area contributed by atoms with E-state index in [1.165, 1.54) is 38.2 Å². The zero-order valence-electron chi connectivity index (χ0n) is 18.2. The molecule has 0 radical (unpaired) electrons. The molecule has 0 aliphatic rings. The smallest absolute Gasteiger partial charge is 0.330 e. The van der Waals surface area contributed by atoms with Gasteiger partial charge in [-0.1, -0.05) is 51.0 Å². The molecule has 0 saturated carbocycles. The molecule has 0 bridgehead atoms. The van der Waals surface area contributed by atoms with E-state index in [-0.39, 0.29) is 5.97 Å². The van der Waals surface area contributed by atoms with Gasteiger partial charge in [-0.3, -0.25) is 0 Å². The Hall–Kier alpha value is -2.01. The quantitative estimate of drug-likeness (QED) is 0.209. The monoisotopic (exact) mass is 406 g/mol. The summed E-state index contributed by atoms with van der Waals surface area (Å²) in [4.78, 5) is 11.9. The fourth-order valence-electron chi connectivity index (χ4n) is 3.01. The molecule has 0 atom stereocenters. The van der Waals surface area contributed by atoms with E-state index in [9.17, 15) is 4.79 Å². The molecule has 1 N–H and O–H groups in total. The molecule has 0 fully saturated rings. The van der Waals surface area contributed by atoms with Crippen molar-refractivity contribution in [3.63, 3.8) is 0 Å². The maximum Gasteiger partial charge on any atom is 0.330 e. The maximum absolute atomic E-state index is 11.9. The normalized spacial score (nSPS) is 11.0. The molecule has 1 aromatic carbocycles. The summed E-state index contributed by atoms with van der Waals surface area (Å²) in [6, 6.07) is 5.61. The second-order valence-electron chi connectivity index (χ2n) is 6.98. The molecule has 0 aromatic heterocycles. The Bertz CT molecular complexity index is 583. The van der Waals surface area contributed by atoms with Gasteiger partial charge in [0.1, 0.15) is 0 Å². The van der Waals surface area contributed by atoms with Gasteiger partial charge in [-0.2, -0.15) is 0 Å². The van der Waals surface area contributed by atoms with Crippen LogP contribution in [0.3, 0.4) is 0 Å². The van der Waals surface area contributed by atoms with E-state index in [1.54, 1.807) is 6.08 Å². The Morgan fingerprint density at radius 3 is 2.07 bits per heavy atom. The van der Waals surface area contributed by atoms with Crippen LogP contribution in [0.1, 0.15) is 77.2 Å². The second kappa shape index (κ2) is 16.9. The predicted molar refractivity (Wildman–Crippen MR) is 117 cm³/mol. The largest absolute Gasteiger partial charge is 0.490 e. The van der Waals surface area contributed by atoms with Crippen LogP contribution in [0.25, 0.3) is 6.08 Å². The summed E-state index contributed by atoms with van der Waals surface area (Å²) in [6.45, 7) is 5.76. The highest BCUT2D eigenvalue weighted by atomic mass is 16.5. The van der Waals surface area contributed by atoms with Gasteiger partial charge in [0.2, 0.25) is 0 Å². The summed E-state index contributed by atoms with van der Waals surface area (Å²) in [5.41, 5.74) is 0.868. The first kappa shape index (κ1) is 25.0. The number of aliphatic hydroxyl groups excluding tert-OH is 1. The number of unbranched alkanes of at least 4 members (excludes halogenated alkanes) is 8. The minimum Gasteiger partial charge on any atom is -0.490 e. The van der Waals surface area contributed by atoms with Crippen LogP contribution in [0.5, 0.6) is 11.5 Å². The van der Waals surface area contributed by atoms with Crippen molar-refractivity contribution in [3.05, 3.63) is 29.8 Å². The van der Waals surface area contributed by atoms with Crippen molar-refractivity contribution in [2.75, 3.05) is 26.4 Å². The summed E-state index contributed by atoms with van der Waals surface area (Å²) in [7, 11) is 0. The van der Waals surface area contributed by atoms with Gasteiger partial charge in [0, 0.05) is 12.7 Å². The van der Waals surface area contributed by atoms with Gasteiger partial charge >= 0.3 is 5.97 Å². The number of esters is 1. The molecule has 1 rings (SSSR count). The van der Waals surface area contributed by atoms with Crippen LogP contribution in [-0.4, -0.2) is 37.5 Å². The predicted octanol–water partition coefficient (Wildman–Crippen LogP) is 5.54. The van der Waals surface area contributed by atoms with Crippen LogP contribution in [0, 0.1) is 0 Å². The molecule has 164 valence electrons. The van der Waals surface area contributed by atoms with E-state index in [2.05, 4.69) is 0 Å². The molecule has 5 nitrogen and oxygen atoms in total. The average molecular weight is 407 g/mol. The van der Waals surface area contributed by atoms with Crippen LogP contribution in [0.15, 0.2) is 24.3 Å². The van der Waals surface area contributed by atoms with Crippen molar-refractivity contribution in [1.82, 2.24) is 0 Å². The summed E-state index contributed by atoms with van der Waals surface area (Å²) < 4.78 is 16.4. The van der Waals surface area contributed by atoms with Gasteiger partial charge in [-0.05, 0) is 50.5 Å². The topological polar surface area (TPSA) is 65.0 Å². The molecule has 0 aliphatic heterocycles. The summed E-state index contributed by atoms with van der Waals surface area (Å²) in [5.74, 6) is 1.07. The van der Waals surface area contributed by atoms with Crippen molar-refractivity contribution < 1.29 is 24.1 Å². The van der Waals surface area contributed by atoms with E-state index in [4.69, 9.17) is 19.3 Å². The van der Waals surface area contributed by atoms with E-state index < -0.39 is 0 Å². The number of hydrogen-bond donors (Lipinski definition) is 1. The van der Waals surface area contributed by atoms with E-state index in [0.29, 0.717) is 37.9 Å². The second-order valence-corrected chi connectivity index (χ2v) is 6.98. The van der Waals surface area contributed by atoms with Crippen molar-refractivity contribution in [1.29, 1.82) is 0 Å². The molecule has 1 aromatic rings. The number of rotatable bonds is 17. The fraction of sp³-hybridized carbons (Fsp3) is 0.625. The number of aliphatic hydroxyl groups is 1. The first-order chi connectivity index (χ1) is 14.2. The standard InChI is InChI=1S/C24H38O5/c1-3-27-22-16-14-21(20-23(22)28-4-2)15-17-24(26)29-19-13-11-9-7-5-6-8-10-12-18-25/h14-17,20,25H,3-13,18-19H2,1-2H3/b17-15+. The number of ether oxygens (including phenoxy) is 3. The molecule has 5 heteroatoms. The number of carbonyl (C=O) groups excluding carboxylic acids is 1. The lowest BCUT2D eigenvalue weighted by molar-refractivity contribution is -0.137. The third kappa shape index (κ3) is 12.2. The Balaban J connectivity index is 2.19. The van der Waals surface area contributed by atoms with Crippen molar-refractivity contribution in [2.24, 2.45) is 0 Å². The van der Waals surface area contributed by atoms with E-state index in [0.717, 1.165) is 31.2 Å². The highest BCUT2D eigenvalue weighted by Crippen LogP contribution is 2.29. The Kier molecular flexibility index (Phi) is 14.6. The van der Waals surface area contributed by atoms with Gasteiger partial charge in [0.25, 0.3) is 0 Å². The number of hydrogen-bond acceptors (Lipinski definition) is 5. The Morgan fingerprint density at radius 2 is 1.45 bits per heavy atom. The molecule has 0 unspecified atom stereocenters. The maximum atomic E-state index is 11.9. The molecule has 0 spiro atoms. The first-order valence-corrected chi connectivity index (χ1v) is 11.1. The lowest BCUT2D eigenvalue weighted by atomic mass is 10.1. The lowest BCUT2D eigenvalue weighted by Crippen LogP contribution is -2.02. The zero-order valence-corrected chi connectivity index (χ0v) is 18.2. The molecule has 0 aliphatic carbocycles. The summed E-state index contributed by atoms with van der Waals surface area (Å²) >= 11 is 0. The van der Waals surface area contributed by atoms with Gasteiger partial charge < -0.3 is 19.3 Å². The van der Waals surface area contributed by atoms with Crippen molar-refractivity contribution in [3.8, 4) is 11.5 Å². The number of benzene rings is 1. The average Bonchev–Trinajstić information content (AvgIpc) is 2.72. The fourth-order valence-corrected chi connectivity index (χ4v) is 3.01. The van der Waals surface area contributed by atoms with Gasteiger partial charge in [0.05, 0.1) is 19.8 Å². The SMILES string of the molecule is CCOc1ccc(/C=C/C(=O)OCCCCCCCCCCCO)cc1OCC. The van der Waals surface area contributed by atoms with Crippen LogP contribution in [-0.2, 0) is 9.53 Å². The van der Waals surface area contributed by atoms with Crippen LogP contribution < -0.4 is 9.47 Å². The molecule has 0 heterocycles. The summed E-state index contributed by atoms with van der Waals surface area (Å²) in [5, 5.41) is 8.73. The Morgan fingerprint density at radius 1 is 0.862 bits per heavy atom. The molecular formula is C24H38O5. The van der Waals surface area contributed by atoms with E-state index >= 15 is 0 Å². The molecular weight excluding hydrogens is 368 g/mol. The molecule has 0 saturated heterocycles. The molecule has 0 amide bonds. The zero-order chi connectivity index (χ0) is 21.2. The lowest BCUT2D eigenvalue weighted by Gasteiger charge is -2.11. The van der Waals surface area contributed by atoms with Crippen LogP contribution in [0.4, 0.5) is 0 Å². The van der Waals surface area contributed by atoms with Gasteiger partial charge in [-0.25, -0.2) is 4.79 Å². The van der Waals surface area contributed by atoms with Crippen LogP contribution >= 0.6 is 0 Å². The number of carbonyl (C=O) groups is 1. The van der Waals surface area contributed by atoms with Crippen molar-refractivity contribution in [2.45, 2.75) is 71.6 Å².